The van der Waals surface area contributed by atoms with E-state index in [1.165, 1.54) is 82.7 Å². The molecule has 3 nitrogen and oxygen atoms in total. The van der Waals surface area contributed by atoms with Gasteiger partial charge in [0.15, 0.2) is 14.7 Å². The highest BCUT2D eigenvalue weighted by Crippen LogP contribution is 2.44. The van der Waals surface area contributed by atoms with Crippen molar-refractivity contribution in [3.8, 4) is 0 Å². The lowest BCUT2D eigenvalue weighted by Gasteiger charge is -2.28. The Morgan fingerprint density at radius 3 is 1.13 bits per heavy atom. The Kier molecular flexibility index (Phi) is 17.4. The molecular formula is C48H69O3S2+. The second-order valence-electron chi connectivity index (χ2n) is 17.3. The van der Waals surface area contributed by atoms with Crippen molar-refractivity contribution in [3.05, 3.63) is 120 Å². The van der Waals surface area contributed by atoms with E-state index in [1.54, 1.807) is 30.3 Å². The van der Waals surface area contributed by atoms with Crippen molar-refractivity contribution in [1.29, 1.82) is 0 Å². The second kappa shape index (κ2) is 20.7. The number of hydrogen-bond donors (Lipinski definition) is 0. The van der Waals surface area contributed by atoms with Crippen molar-refractivity contribution in [2.45, 2.75) is 169 Å². The standard InChI is InChI=1S/C30H39S.C18H30O3S/c1-28(2,3)22-16-10-13-19-25(22)31(26-20-14-11-17-23(26)29(4,5)6)27-21-15-12-18-24(27)30(7,8)9;1-2-3-4-5-6-7-8-9-10-14-17-21-22(19,20)18-15-12-11-13-16-18/h10-21H,1-9H3;11-13,15-16H,2-10,14,17H2,1H3/q+1;. The van der Waals surface area contributed by atoms with Crippen LogP contribution in [0.15, 0.2) is 123 Å². The maximum Gasteiger partial charge on any atom is 0.296 e. The van der Waals surface area contributed by atoms with Crippen LogP contribution < -0.4 is 0 Å². The Balaban J connectivity index is 0.000000304. The van der Waals surface area contributed by atoms with Crippen LogP contribution in [0, 0.1) is 0 Å². The van der Waals surface area contributed by atoms with Crippen LogP contribution in [-0.2, 0) is 41.4 Å². The molecule has 5 heteroatoms. The molecule has 4 aromatic rings. The summed E-state index contributed by atoms with van der Waals surface area (Å²) in [6.45, 7) is 23.5. The van der Waals surface area contributed by atoms with Crippen LogP contribution in [0.4, 0.5) is 0 Å². The molecule has 0 atom stereocenters. The highest BCUT2D eigenvalue weighted by atomic mass is 32.2. The van der Waals surface area contributed by atoms with Crippen LogP contribution in [-0.4, -0.2) is 15.0 Å². The summed E-state index contributed by atoms with van der Waals surface area (Å²) >= 11 is 0. The number of rotatable bonds is 16. The van der Waals surface area contributed by atoms with Crippen molar-refractivity contribution >= 4 is 21.0 Å². The van der Waals surface area contributed by atoms with Crippen molar-refractivity contribution in [1.82, 2.24) is 0 Å². The zero-order chi connectivity index (χ0) is 39.1. The summed E-state index contributed by atoms with van der Waals surface area (Å²) in [5.41, 5.74) is 4.54. The van der Waals surface area contributed by atoms with E-state index in [4.69, 9.17) is 4.18 Å². The zero-order valence-corrected chi connectivity index (χ0v) is 36.3. The molecule has 0 aliphatic carbocycles. The molecule has 0 aliphatic rings. The quantitative estimate of drug-likeness (QED) is 0.0649. The van der Waals surface area contributed by atoms with Crippen molar-refractivity contribution < 1.29 is 12.6 Å². The molecule has 0 aromatic heterocycles. The minimum atomic E-state index is -3.57. The van der Waals surface area contributed by atoms with Gasteiger partial charge in [-0.1, -0.05) is 200 Å². The van der Waals surface area contributed by atoms with Gasteiger partial charge in [0.1, 0.15) is 10.9 Å². The zero-order valence-electron chi connectivity index (χ0n) is 34.6. The summed E-state index contributed by atoms with van der Waals surface area (Å²) in [5.74, 6) is 0. The van der Waals surface area contributed by atoms with Gasteiger partial charge < -0.3 is 0 Å². The average molecular weight is 758 g/mol. The highest BCUT2D eigenvalue weighted by Gasteiger charge is 2.40. The van der Waals surface area contributed by atoms with Gasteiger partial charge in [0, 0.05) is 16.7 Å². The fraction of sp³-hybridized carbons (Fsp3) is 0.500. The van der Waals surface area contributed by atoms with E-state index in [9.17, 15) is 8.42 Å². The van der Waals surface area contributed by atoms with Gasteiger partial charge in [-0.25, -0.2) is 0 Å². The van der Waals surface area contributed by atoms with E-state index in [0.29, 0.717) is 0 Å². The smallest absolute Gasteiger partial charge is 0.266 e. The molecule has 0 spiro atoms. The molecule has 0 aliphatic heterocycles. The Morgan fingerprint density at radius 2 is 0.774 bits per heavy atom. The van der Waals surface area contributed by atoms with Gasteiger partial charge in [-0.2, -0.15) is 8.42 Å². The monoisotopic (exact) mass is 757 g/mol. The minimum absolute atomic E-state index is 0.0786. The van der Waals surface area contributed by atoms with Crippen LogP contribution in [0.5, 0.6) is 0 Å². The summed E-state index contributed by atoms with van der Waals surface area (Å²) in [7, 11) is -3.76. The third kappa shape index (κ3) is 14.1. The van der Waals surface area contributed by atoms with Gasteiger partial charge in [-0.3, -0.25) is 4.18 Å². The molecule has 4 aromatic carbocycles. The molecule has 0 radical (unpaired) electrons. The summed E-state index contributed by atoms with van der Waals surface area (Å²) < 4.78 is 28.8. The van der Waals surface area contributed by atoms with Crippen molar-refractivity contribution in [2.24, 2.45) is 0 Å². The van der Waals surface area contributed by atoms with E-state index < -0.39 is 10.1 Å². The first-order valence-electron chi connectivity index (χ1n) is 20.0. The molecule has 0 fully saturated rings. The first-order valence-corrected chi connectivity index (χ1v) is 22.6. The summed E-state index contributed by atoms with van der Waals surface area (Å²) in [6, 6.07) is 35.6. The van der Waals surface area contributed by atoms with Gasteiger partial charge in [0.2, 0.25) is 0 Å². The Morgan fingerprint density at radius 1 is 0.453 bits per heavy atom. The lowest BCUT2D eigenvalue weighted by Crippen LogP contribution is -2.23. The third-order valence-corrected chi connectivity index (χ3v) is 13.2. The SMILES string of the molecule is CC(C)(C)c1ccccc1[S+](c1ccccc1C(C)(C)C)c1ccccc1C(C)(C)C.CCCCCCCCCCCCOS(=O)(=O)c1ccccc1. The predicted molar refractivity (Wildman–Crippen MR) is 229 cm³/mol. The normalized spacial score (nSPS) is 12.4. The van der Waals surface area contributed by atoms with Gasteiger partial charge in [0.05, 0.1) is 11.5 Å². The molecule has 0 bridgehead atoms. The predicted octanol–water partition coefficient (Wildman–Crippen LogP) is 14.0. The number of benzene rings is 4. The maximum atomic E-state index is 11.9. The van der Waals surface area contributed by atoms with Crippen LogP contribution in [0.2, 0.25) is 0 Å². The lowest BCUT2D eigenvalue weighted by molar-refractivity contribution is 0.306. The van der Waals surface area contributed by atoms with E-state index in [-0.39, 0.29) is 38.6 Å². The van der Waals surface area contributed by atoms with Crippen molar-refractivity contribution in [2.75, 3.05) is 6.61 Å². The summed E-state index contributed by atoms with van der Waals surface area (Å²) in [6.07, 6.45) is 12.3. The average Bonchev–Trinajstić information content (AvgIpc) is 3.11. The lowest BCUT2D eigenvalue weighted by atomic mass is 9.87. The Hall–Kier alpha value is -2.86. The fourth-order valence-corrected chi connectivity index (χ4v) is 10.7. The summed E-state index contributed by atoms with van der Waals surface area (Å²) in [4.78, 5) is 4.58. The highest BCUT2D eigenvalue weighted by molar-refractivity contribution is 7.97. The Bertz CT molecular complexity index is 1620. The molecule has 0 heterocycles. The maximum absolute atomic E-state index is 11.9. The molecule has 290 valence electrons. The van der Waals surface area contributed by atoms with Gasteiger partial charge in [-0.15, -0.1) is 0 Å². The summed E-state index contributed by atoms with van der Waals surface area (Å²) in [5, 5.41) is 0. The van der Waals surface area contributed by atoms with Crippen LogP contribution in [0.3, 0.4) is 0 Å². The molecule has 0 amide bonds. The second-order valence-corrected chi connectivity index (χ2v) is 20.9. The fourth-order valence-electron chi connectivity index (χ4n) is 6.56. The van der Waals surface area contributed by atoms with Crippen LogP contribution >= 0.6 is 0 Å². The first-order chi connectivity index (χ1) is 25.0. The molecule has 53 heavy (non-hydrogen) atoms. The molecule has 0 N–H and O–H groups in total. The van der Waals surface area contributed by atoms with Crippen molar-refractivity contribution in [3.63, 3.8) is 0 Å². The topological polar surface area (TPSA) is 43.4 Å². The van der Waals surface area contributed by atoms with Crippen LogP contribution in [0.25, 0.3) is 0 Å². The molecule has 0 unspecified atom stereocenters. The molecule has 0 saturated carbocycles. The van der Waals surface area contributed by atoms with E-state index in [2.05, 4.69) is 142 Å². The van der Waals surface area contributed by atoms with Gasteiger partial charge in [0.25, 0.3) is 10.1 Å². The molecular weight excluding hydrogens is 689 g/mol. The Labute approximate surface area is 327 Å². The molecule has 0 saturated heterocycles. The molecule has 4 rings (SSSR count). The van der Waals surface area contributed by atoms with Gasteiger partial charge >= 0.3 is 0 Å². The first kappa shape index (κ1) is 44.5. The largest absolute Gasteiger partial charge is 0.296 e. The van der Waals surface area contributed by atoms with E-state index in [1.807, 2.05) is 0 Å². The third-order valence-electron chi connectivity index (χ3n) is 9.51. The number of unbranched alkanes of at least 4 members (excludes halogenated alkanes) is 9. The van der Waals surface area contributed by atoms with E-state index in [0.717, 1.165) is 12.8 Å². The minimum Gasteiger partial charge on any atom is -0.266 e. The van der Waals surface area contributed by atoms with E-state index >= 15 is 0 Å². The number of hydrogen-bond acceptors (Lipinski definition) is 3. The van der Waals surface area contributed by atoms with Gasteiger partial charge in [-0.05, 0) is 53.0 Å². The van der Waals surface area contributed by atoms with Crippen LogP contribution in [0.1, 0.15) is 150 Å².